The largest absolute Gasteiger partial charge is 0.362 e. The van der Waals surface area contributed by atoms with E-state index in [1.165, 1.54) is 4.31 Å². The minimum Gasteiger partial charge on any atom is -0.362 e. The molecule has 0 bridgehead atoms. The van der Waals surface area contributed by atoms with E-state index in [0.29, 0.717) is 18.8 Å². The van der Waals surface area contributed by atoms with Crippen LogP contribution in [-0.4, -0.2) is 39.4 Å². The highest BCUT2D eigenvalue weighted by Crippen LogP contribution is 2.35. The van der Waals surface area contributed by atoms with Gasteiger partial charge in [-0.3, -0.25) is 9.10 Å². The normalized spacial score (nSPS) is 21.7. The number of amides is 1. The van der Waals surface area contributed by atoms with Crippen LogP contribution in [0, 0.1) is 0 Å². The second-order valence-corrected chi connectivity index (χ2v) is 8.67. The van der Waals surface area contributed by atoms with Crippen LogP contribution in [0.15, 0.2) is 48.5 Å². The molecule has 7 heteroatoms. The molecule has 1 fully saturated rings. The Labute approximate surface area is 153 Å². The van der Waals surface area contributed by atoms with Crippen LogP contribution >= 0.6 is 0 Å². The Hall–Kier alpha value is -2.38. The van der Waals surface area contributed by atoms with Gasteiger partial charge in [0.2, 0.25) is 15.9 Å². The fourth-order valence-electron chi connectivity index (χ4n) is 3.45. The quantitative estimate of drug-likeness (QED) is 0.827. The minimum atomic E-state index is -3.26. The van der Waals surface area contributed by atoms with Crippen LogP contribution in [0.25, 0.3) is 0 Å². The lowest BCUT2D eigenvalue weighted by Crippen LogP contribution is -2.42. The third kappa shape index (κ3) is 3.08. The van der Waals surface area contributed by atoms with Crippen molar-refractivity contribution in [2.24, 2.45) is 0 Å². The predicted octanol–water partition coefficient (Wildman–Crippen LogP) is 2.07. The Morgan fingerprint density at radius 3 is 2.69 bits per heavy atom. The number of hydrogen-bond donors (Lipinski definition) is 0. The number of fused-ring (bicyclic) bond motifs is 1. The molecule has 136 valence electrons. The first-order valence-electron chi connectivity index (χ1n) is 8.47. The summed E-state index contributed by atoms with van der Waals surface area (Å²) in [5.74, 6) is -0.0277. The first-order chi connectivity index (χ1) is 12.4. The number of anilines is 1. The molecule has 0 radical (unpaired) electrons. The van der Waals surface area contributed by atoms with Gasteiger partial charge in [0, 0.05) is 13.6 Å². The third-order valence-electron chi connectivity index (χ3n) is 4.93. The standard InChI is InChI=1S/C19H20N2O4S/c1-20-17-8-7-15(9-16(17)13-26(20,23)24)18-11-21(19(22)12-25-18)10-14-5-3-2-4-6-14/h2-9,18H,10-13H2,1H3. The second kappa shape index (κ2) is 6.41. The van der Waals surface area contributed by atoms with E-state index in [1.807, 2.05) is 48.5 Å². The van der Waals surface area contributed by atoms with E-state index in [0.717, 1.165) is 16.7 Å². The van der Waals surface area contributed by atoms with Gasteiger partial charge in [-0.1, -0.05) is 36.4 Å². The zero-order valence-electron chi connectivity index (χ0n) is 14.5. The Bertz CT molecular complexity index is 943. The summed E-state index contributed by atoms with van der Waals surface area (Å²) in [4.78, 5) is 14.0. The highest BCUT2D eigenvalue weighted by molar-refractivity contribution is 7.92. The van der Waals surface area contributed by atoms with E-state index in [-0.39, 0.29) is 24.4 Å². The molecule has 26 heavy (non-hydrogen) atoms. The number of carbonyl (C=O) groups is 1. The van der Waals surface area contributed by atoms with Crippen molar-refractivity contribution in [1.29, 1.82) is 0 Å². The highest BCUT2D eigenvalue weighted by Gasteiger charge is 2.32. The van der Waals surface area contributed by atoms with Crippen LogP contribution in [0.4, 0.5) is 5.69 Å². The van der Waals surface area contributed by atoms with E-state index in [9.17, 15) is 13.2 Å². The third-order valence-corrected chi connectivity index (χ3v) is 6.64. The molecular formula is C19H20N2O4S. The zero-order chi connectivity index (χ0) is 18.3. The summed E-state index contributed by atoms with van der Waals surface area (Å²) in [6.45, 7) is 1.03. The van der Waals surface area contributed by atoms with Crippen molar-refractivity contribution in [3.8, 4) is 0 Å². The molecule has 0 aromatic heterocycles. The van der Waals surface area contributed by atoms with Crippen molar-refractivity contribution < 1.29 is 17.9 Å². The summed E-state index contributed by atoms with van der Waals surface area (Å²) in [6, 6.07) is 15.4. The summed E-state index contributed by atoms with van der Waals surface area (Å²) >= 11 is 0. The molecule has 1 unspecified atom stereocenters. The summed E-state index contributed by atoms with van der Waals surface area (Å²) in [7, 11) is -1.70. The number of rotatable bonds is 3. The Morgan fingerprint density at radius 1 is 1.15 bits per heavy atom. The molecule has 1 atom stereocenters. The molecule has 2 heterocycles. The van der Waals surface area contributed by atoms with E-state index in [4.69, 9.17) is 4.74 Å². The molecular weight excluding hydrogens is 352 g/mol. The van der Waals surface area contributed by atoms with Crippen LogP contribution < -0.4 is 4.31 Å². The fraction of sp³-hybridized carbons (Fsp3) is 0.316. The van der Waals surface area contributed by atoms with Gasteiger partial charge in [-0.15, -0.1) is 0 Å². The first-order valence-corrected chi connectivity index (χ1v) is 10.1. The number of morpholine rings is 1. The van der Waals surface area contributed by atoms with Crippen LogP contribution in [0.5, 0.6) is 0 Å². The fourth-order valence-corrected chi connectivity index (χ4v) is 4.74. The number of benzene rings is 2. The molecule has 1 saturated heterocycles. The summed E-state index contributed by atoms with van der Waals surface area (Å²) in [5.41, 5.74) is 3.46. The molecule has 2 aliphatic heterocycles. The monoisotopic (exact) mass is 372 g/mol. The zero-order valence-corrected chi connectivity index (χ0v) is 15.3. The van der Waals surface area contributed by atoms with Crippen LogP contribution in [0.2, 0.25) is 0 Å². The molecule has 1 amide bonds. The number of sulfonamides is 1. The molecule has 2 aromatic rings. The summed E-state index contributed by atoms with van der Waals surface area (Å²) in [6.07, 6.45) is -0.254. The lowest BCUT2D eigenvalue weighted by Gasteiger charge is -2.33. The topological polar surface area (TPSA) is 66.9 Å². The number of carbonyl (C=O) groups excluding carboxylic acids is 1. The number of nitrogens with zero attached hydrogens (tertiary/aromatic N) is 2. The molecule has 2 aromatic carbocycles. The summed E-state index contributed by atoms with van der Waals surface area (Å²) < 4.78 is 31.1. The van der Waals surface area contributed by atoms with Crippen molar-refractivity contribution in [3.63, 3.8) is 0 Å². The van der Waals surface area contributed by atoms with Crippen molar-refractivity contribution in [2.45, 2.75) is 18.4 Å². The van der Waals surface area contributed by atoms with Crippen molar-refractivity contribution >= 4 is 21.6 Å². The lowest BCUT2D eigenvalue weighted by molar-refractivity contribution is -0.150. The average molecular weight is 372 g/mol. The van der Waals surface area contributed by atoms with Gasteiger partial charge in [-0.2, -0.15) is 0 Å². The molecule has 0 aliphatic carbocycles. The first kappa shape index (κ1) is 17.1. The average Bonchev–Trinajstić information content (AvgIpc) is 2.86. The van der Waals surface area contributed by atoms with Crippen molar-refractivity contribution in [2.75, 3.05) is 24.5 Å². The number of ether oxygens (including phenoxy) is 1. The molecule has 2 aliphatic rings. The van der Waals surface area contributed by atoms with Crippen LogP contribution in [-0.2, 0) is 31.9 Å². The SMILES string of the molecule is CN1c2ccc(C3CN(Cc4ccccc4)C(=O)CO3)cc2CS1(=O)=O. The van der Waals surface area contributed by atoms with Gasteiger partial charge in [0.25, 0.3) is 0 Å². The molecule has 4 rings (SSSR count). The van der Waals surface area contributed by atoms with E-state index in [1.54, 1.807) is 11.9 Å². The lowest BCUT2D eigenvalue weighted by atomic mass is 10.0. The predicted molar refractivity (Wildman–Crippen MR) is 98.0 cm³/mol. The maximum Gasteiger partial charge on any atom is 0.249 e. The van der Waals surface area contributed by atoms with Gasteiger partial charge in [0.1, 0.15) is 12.7 Å². The molecule has 0 spiro atoms. The maximum atomic E-state index is 12.2. The minimum absolute atomic E-state index is 0.00601. The van der Waals surface area contributed by atoms with Crippen molar-refractivity contribution in [1.82, 2.24) is 4.90 Å². The van der Waals surface area contributed by atoms with Gasteiger partial charge in [0.15, 0.2) is 0 Å². The van der Waals surface area contributed by atoms with Gasteiger partial charge in [-0.25, -0.2) is 8.42 Å². The highest BCUT2D eigenvalue weighted by atomic mass is 32.2. The second-order valence-electron chi connectivity index (χ2n) is 6.67. The molecule has 0 saturated carbocycles. The van der Waals surface area contributed by atoms with Crippen LogP contribution in [0.1, 0.15) is 22.8 Å². The Morgan fingerprint density at radius 2 is 1.92 bits per heavy atom. The Kier molecular flexibility index (Phi) is 4.20. The van der Waals surface area contributed by atoms with Gasteiger partial charge in [0.05, 0.1) is 18.0 Å². The van der Waals surface area contributed by atoms with Gasteiger partial charge in [-0.05, 0) is 28.8 Å². The molecule has 6 nitrogen and oxygen atoms in total. The Balaban J connectivity index is 1.55. The van der Waals surface area contributed by atoms with Crippen LogP contribution in [0.3, 0.4) is 0 Å². The van der Waals surface area contributed by atoms with E-state index >= 15 is 0 Å². The number of hydrogen-bond acceptors (Lipinski definition) is 4. The molecule has 0 N–H and O–H groups in total. The smallest absolute Gasteiger partial charge is 0.249 e. The summed E-state index contributed by atoms with van der Waals surface area (Å²) in [5, 5.41) is 0. The van der Waals surface area contributed by atoms with E-state index in [2.05, 4.69) is 0 Å². The van der Waals surface area contributed by atoms with Gasteiger partial charge >= 0.3 is 0 Å². The maximum absolute atomic E-state index is 12.2. The van der Waals surface area contributed by atoms with Crippen molar-refractivity contribution in [3.05, 3.63) is 65.2 Å². The van der Waals surface area contributed by atoms with E-state index < -0.39 is 10.0 Å². The van der Waals surface area contributed by atoms with Gasteiger partial charge < -0.3 is 9.64 Å².